The number of carbonyl (C=O) groups excluding carboxylic acids is 1. The second kappa shape index (κ2) is 10.2. The number of rotatable bonds is 8. The minimum atomic E-state index is -4.31. The average Bonchev–Trinajstić information content (AvgIpc) is 2.70. The van der Waals surface area contributed by atoms with Gasteiger partial charge in [-0.3, -0.25) is 0 Å². The molecule has 0 heterocycles. The second-order valence-electron chi connectivity index (χ2n) is 8.51. The Morgan fingerprint density at radius 2 is 1.81 bits per heavy atom. The van der Waals surface area contributed by atoms with Crippen molar-refractivity contribution in [3.8, 4) is 11.5 Å². The third kappa shape index (κ3) is 6.59. The Morgan fingerprint density at radius 3 is 2.38 bits per heavy atom. The number of carbonyl (C=O) groups is 1. The summed E-state index contributed by atoms with van der Waals surface area (Å²) in [5.74, 6) is -0.814. The van der Waals surface area contributed by atoms with Gasteiger partial charge < -0.3 is 19.1 Å². The zero-order valence-electron chi connectivity index (χ0n) is 19.3. The zero-order chi connectivity index (χ0) is 24.1. The molecule has 0 aromatic heterocycles. The van der Waals surface area contributed by atoms with Crippen LogP contribution in [0.25, 0.3) is 0 Å². The smallest absolute Gasteiger partial charge is 0.339 e. The molecule has 0 aliphatic rings. The van der Waals surface area contributed by atoms with E-state index in [2.05, 4.69) is 5.32 Å². The fourth-order valence-corrected chi connectivity index (χ4v) is 3.89. The van der Waals surface area contributed by atoms with Crippen LogP contribution >= 0.6 is 0 Å². The van der Waals surface area contributed by atoms with Gasteiger partial charge in [-0.05, 0) is 58.4 Å². The first-order valence-corrected chi connectivity index (χ1v) is 11.7. The van der Waals surface area contributed by atoms with Crippen molar-refractivity contribution in [2.75, 3.05) is 7.11 Å². The molecule has 0 fully saturated rings. The van der Waals surface area contributed by atoms with E-state index in [-0.39, 0.29) is 35.0 Å². The molecule has 2 rings (SSSR count). The molecule has 0 saturated carbocycles. The molecule has 32 heavy (non-hydrogen) atoms. The monoisotopic (exact) mass is 466 g/mol. The summed E-state index contributed by atoms with van der Waals surface area (Å²) < 4.78 is 49.8. The van der Waals surface area contributed by atoms with Gasteiger partial charge in [0.2, 0.25) is 0 Å². The standard InChI is InChI=1S/C23H31FN2O5S/c1-7-16(2)26(22(27)25-23(3,4)5)15-17-10-8-9-11-20(17)31-32(28,29)18-12-13-21(30-6)19(24)14-18/h8-14,16H,7,15H2,1-6H3,(H,25,27)/t16-/m0/s1. The lowest BCUT2D eigenvalue weighted by Crippen LogP contribution is -2.50. The van der Waals surface area contributed by atoms with Crippen LogP contribution in [0.3, 0.4) is 0 Å². The highest BCUT2D eigenvalue weighted by molar-refractivity contribution is 7.87. The van der Waals surface area contributed by atoms with E-state index in [1.165, 1.54) is 25.3 Å². The number of ether oxygens (including phenoxy) is 1. The van der Waals surface area contributed by atoms with Crippen LogP contribution in [0.15, 0.2) is 47.4 Å². The second-order valence-corrected chi connectivity index (χ2v) is 10.1. The van der Waals surface area contributed by atoms with Crippen molar-refractivity contribution >= 4 is 16.1 Å². The number of halogens is 1. The summed E-state index contributed by atoms with van der Waals surface area (Å²) in [7, 11) is -3.02. The predicted molar refractivity (Wildman–Crippen MR) is 121 cm³/mol. The fourth-order valence-electron chi connectivity index (χ4n) is 2.91. The summed E-state index contributed by atoms with van der Waals surface area (Å²) in [6.07, 6.45) is 0.712. The number of hydrogen-bond acceptors (Lipinski definition) is 5. The number of amides is 2. The van der Waals surface area contributed by atoms with E-state index in [0.717, 1.165) is 6.07 Å². The molecule has 176 valence electrons. The van der Waals surface area contributed by atoms with E-state index in [0.29, 0.717) is 12.0 Å². The number of nitrogens with zero attached hydrogens (tertiary/aromatic N) is 1. The maximum Gasteiger partial charge on any atom is 0.339 e. The Hall–Kier alpha value is -2.81. The summed E-state index contributed by atoms with van der Waals surface area (Å²) in [4.78, 5) is 14.2. The van der Waals surface area contributed by atoms with Crippen LogP contribution in [0, 0.1) is 5.82 Å². The van der Waals surface area contributed by atoms with Crippen LogP contribution in [0.2, 0.25) is 0 Å². The highest BCUT2D eigenvalue weighted by Crippen LogP contribution is 2.27. The minimum Gasteiger partial charge on any atom is -0.494 e. The van der Waals surface area contributed by atoms with Crippen molar-refractivity contribution in [2.24, 2.45) is 0 Å². The lowest BCUT2D eigenvalue weighted by atomic mass is 10.1. The van der Waals surface area contributed by atoms with Gasteiger partial charge in [-0.25, -0.2) is 9.18 Å². The molecule has 0 radical (unpaired) electrons. The number of benzene rings is 2. The Balaban J connectivity index is 2.35. The van der Waals surface area contributed by atoms with E-state index >= 15 is 0 Å². The predicted octanol–water partition coefficient (Wildman–Crippen LogP) is 4.71. The van der Waals surface area contributed by atoms with Gasteiger partial charge in [0.05, 0.1) is 13.7 Å². The molecular formula is C23H31FN2O5S. The lowest BCUT2D eigenvalue weighted by molar-refractivity contribution is 0.164. The van der Waals surface area contributed by atoms with Crippen molar-refractivity contribution in [1.29, 1.82) is 0 Å². The van der Waals surface area contributed by atoms with Crippen molar-refractivity contribution in [3.05, 3.63) is 53.8 Å². The van der Waals surface area contributed by atoms with E-state index < -0.39 is 21.5 Å². The average molecular weight is 467 g/mol. The topological polar surface area (TPSA) is 84.9 Å². The van der Waals surface area contributed by atoms with Crippen molar-refractivity contribution in [1.82, 2.24) is 10.2 Å². The Kier molecular flexibility index (Phi) is 8.12. The van der Waals surface area contributed by atoms with E-state index in [4.69, 9.17) is 8.92 Å². The van der Waals surface area contributed by atoms with E-state index in [1.54, 1.807) is 23.1 Å². The maximum atomic E-state index is 14.0. The van der Waals surface area contributed by atoms with Crippen LogP contribution in [0.5, 0.6) is 11.5 Å². The quantitative estimate of drug-likeness (QED) is 0.570. The zero-order valence-corrected chi connectivity index (χ0v) is 20.1. The number of nitrogens with one attached hydrogen (secondary N) is 1. The molecule has 2 amide bonds. The molecule has 2 aromatic rings. The van der Waals surface area contributed by atoms with Gasteiger partial charge in [-0.2, -0.15) is 8.42 Å². The summed E-state index contributed by atoms with van der Waals surface area (Å²) >= 11 is 0. The molecule has 0 unspecified atom stereocenters. The Morgan fingerprint density at radius 1 is 1.16 bits per heavy atom. The number of hydrogen-bond donors (Lipinski definition) is 1. The van der Waals surface area contributed by atoms with Gasteiger partial charge >= 0.3 is 16.1 Å². The van der Waals surface area contributed by atoms with Crippen molar-refractivity contribution < 1.29 is 26.5 Å². The highest BCUT2D eigenvalue weighted by Gasteiger charge is 2.26. The van der Waals surface area contributed by atoms with Crippen molar-refractivity contribution in [3.63, 3.8) is 0 Å². The normalized spacial score (nSPS) is 12.7. The molecule has 0 aliphatic heterocycles. The number of para-hydroxylation sites is 1. The Bertz CT molecular complexity index is 1050. The fraction of sp³-hybridized carbons (Fsp3) is 0.435. The summed E-state index contributed by atoms with van der Waals surface area (Å²) in [6, 6.07) is 9.48. The number of methoxy groups -OCH3 is 1. The lowest BCUT2D eigenvalue weighted by Gasteiger charge is -2.32. The molecule has 2 aromatic carbocycles. The third-order valence-corrected chi connectivity index (χ3v) is 6.02. The largest absolute Gasteiger partial charge is 0.494 e. The van der Waals surface area contributed by atoms with Gasteiger partial charge in [0.15, 0.2) is 11.6 Å². The first-order valence-electron chi connectivity index (χ1n) is 10.3. The van der Waals surface area contributed by atoms with E-state index in [1.807, 2.05) is 34.6 Å². The SMILES string of the molecule is CC[C@H](C)N(Cc1ccccc1OS(=O)(=O)c1ccc(OC)c(F)c1)C(=O)NC(C)(C)C. The van der Waals surface area contributed by atoms with Gasteiger partial charge in [-0.1, -0.05) is 25.1 Å². The molecule has 1 atom stereocenters. The molecule has 9 heteroatoms. The Labute approximate surface area is 189 Å². The van der Waals surface area contributed by atoms with Crippen LogP contribution in [-0.2, 0) is 16.7 Å². The molecule has 7 nitrogen and oxygen atoms in total. The van der Waals surface area contributed by atoms with E-state index in [9.17, 15) is 17.6 Å². The van der Waals surface area contributed by atoms with Gasteiger partial charge in [0.1, 0.15) is 10.6 Å². The first-order chi connectivity index (χ1) is 14.9. The minimum absolute atomic E-state index is 0.0700. The molecule has 0 saturated heterocycles. The number of urea groups is 1. The molecule has 0 spiro atoms. The first kappa shape index (κ1) is 25.5. The molecular weight excluding hydrogens is 435 g/mol. The molecule has 0 bridgehead atoms. The van der Waals surface area contributed by atoms with Crippen LogP contribution in [0.1, 0.15) is 46.6 Å². The molecule has 0 aliphatic carbocycles. The van der Waals surface area contributed by atoms with Crippen LogP contribution in [-0.4, -0.2) is 38.0 Å². The van der Waals surface area contributed by atoms with Gasteiger partial charge in [0.25, 0.3) is 0 Å². The molecule has 1 N–H and O–H groups in total. The third-order valence-electron chi connectivity index (χ3n) is 4.79. The van der Waals surface area contributed by atoms with Crippen LogP contribution < -0.4 is 14.2 Å². The van der Waals surface area contributed by atoms with Crippen molar-refractivity contribution in [2.45, 2.75) is 64.1 Å². The maximum absolute atomic E-state index is 14.0. The van der Waals surface area contributed by atoms with Gasteiger partial charge in [0, 0.05) is 17.1 Å². The summed E-state index contributed by atoms with van der Waals surface area (Å²) in [6.45, 7) is 9.68. The van der Waals surface area contributed by atoms with Gasteiger partial charge in [-0.15, -0.1) is 0 Å². The summed E-state index contributed by atoms with van der Waals surface area (Å²) in [5, 5.41) is 2.94. The summed E-state index contributed by atoms with van der Waals surface area (Å²) in [5.41, 5.74) is 0.0788. The highest BCUT2D eigenvalue weighted by atomic mass is 32.2. The van der Waals surface area contributed by atoms with Crippen LogP contribution in [0.4, 0.5) is 9.18 Å².